The van der Waals surface area contributed by atoms with Crippen LogP contribution in [-0.4, -0.2) is 28.8 Å². The minimum Gasteiger partial charge on any atom is -0.508 e. The Labute approximate surface area is 211 Å². The maximum absolute atomic E-state index is 12.7. The molecule has 0 radical (unpaired) electrons. The predicted octanol–water partition coefficient (Wildman–Crippen LogP) is 6.08. The van der Waals surface area contributed by atoms with Crippen molar-refractivity contribution in [1.82, 2.24) is 4.98 Å². The van der Waals surface area contributed by atoms with Crippen molar-refractivity contribution in [2.75, 3.05) is 12.4 Å². The van der Waals surface area contributed by atoms with Gasteiger partial charge in [-0.25, -0.2) is 4.98 Å². The van der Waals surface area contributed by atoms with Crippen LogP contribution in [0.3, 0.4) is 0 Å². The van der Waals surface area contributed by atoms with Gasteiger partial charge in [0.2, 0.25) is 5.91 Å². The van der Waals surface area contributed by atoms with Crippen LogP contribution in [-0.2, 0) is 16.1 Å². The molecule has 34 heavy (non-hydrogen) atoms. The van der Waals surface area contributed by atoms with Crippen LogP contribution < -0.4 is 5.32 Å². The number of nitrogens with one attached hydrogen (secondary N) is 1. The molecule has 8 heteroatoms. The maximum Gasteiger partial charge on any atom is 0.226 e. The minimum absolute atomic E-state index is 0. The van der Waals surface area contributed by atoms with Crippen molar-refractivity contribution in [2.45, 2.75) is 64.7 Å². The summed E-state index contributed by atoms with van der Waals surface area (Å²) in [6.45, 7) is 4.36. The van der Waals surface area contributed by atoms with Gasteiger partial charge in [0.05, 0.1) is 5.71 Å². The molecule has 0 aliphatic heterocycles. The number of hydrogen-bond acceptors (Lipinski definition) is 6. The minimum atomic E-state index is 0. The number of halogens is 1. The van der Waals surface area contributed by atoms with Gasteiger partial charge in [-0.15, -0.1) is 23.7 Å². The summed E-state index contributed by atoms with van der Waals surface area (Å²) >= 11 is 1.51. The maximum atomic E-state index is 12.7. The number of amides is 1. The summed E-state index contributed by atoms with van der Waals surface area (Å²) in [5.41, 5.74) is 3.92. The highest BCUT2D eigenvalue weighted by Crippen LogP contribution is 2.62. The van der Waals surface area contributed by atoms with E-state index in [1.165, 1.54) is 28.2 Å². The number of carbonyl (C=O) groups excluding carboxylic acids is 1. The van der Waals surface area contributed by atoms with Crippen molar-refractivity contribution in [3.63, 3.8) is 0 Å². The molecule has 0 saturated heterocycles. The molecular weight excluding hydrogens is 470 g/mol. The number of phenols is 1. The summed E-state index contributed by atoms with van der Waals surface area (Å²) in [4.78, 5) is 23.3. The number of hydrogen-bond donors (Lipinski definition) is 2. The molecule has 2 N–H and O–H groups in total. The third kappa shape index (κ3) is 4.44. The summed E-state index contributed by atoms with van der Waals surface area (Å²) in [7, 11) is 1.64. The third-order valence-electron chi connectivity index (χ3n) is 8.40. The van der Waals surface area contributed by atoms with Gasteiger partial charge < -0.3 is 15.3 Å². The molecule has 1 aromatic carbocycles. The van der Waals surface area contributed by atoms with E-state index in [0.29, 0.717) is 41.0 Å². The van der Waals surface area contributed by atoms with E-state index in [2.05, 4.69) is 28.4 Å². The number of carbonyl (C=O) groups is 1. The second kappa shape index (κ2) is 9.86. The van der Waals surface area contributed by atoms with Crippen molar-refractivity contribution in [3.05, 3.63) is 40.4 Å². The van der Waals surface area contributed by atoms with Crippen LogP contribution in [0, 0.1) is 30.1 Å². The fraction of sp³-hybridized carbons (Fsp3) is 0.577. The first-order valence-electron chi connectivity index (χ1n) is 12.0. The Morgan fingerprint density at radius 2 is 2.21 bits per heavy atom. The predicted molar refractivity (Wildman–Crippen MR) is 138 cm³/mol. The lowest BCUT2D eigenvalue weighted by molar-refractivity contribution is -0.116. The Morgan fingerprint density at radius 3 is 2.94 bits per heavy atom. The van der Waals surface area contributed by atoms with Crippen LogP contribution in [0.25, 0.3) is 0 Å². The van der Waals surface area contributed by atoms with Gasteiger partial charge in [-0.3, -0.25) is 4.79 Å². The van der Waals surface area contributed by atoms with Crippen LogP contribution in [0.4, 0.5) is 5.13 Å². The van der Waals surface area contributed by atoms with Crippen LogP contribution in [0.5, 0.6) is 5.75 Å². The lowest BCUT2D eigenvalue weighted by Crippen LogP contribution is -2.44. The van der Waals surface area contributed by atoms with E-state index in [9.17, 15) is 9.90 Å². The summed E-state index contributed by atoms with van der Waals surface area (Å²) in [6, 6.07) is 5.93. The van der Waals surface area contributed by atoms with Crippen LogP contribution in [0.15, 0.2) is 29.6 Å². The highest BCUT2D eigenvalue weighted by atomic mass is 35.5. The fourth-order valence-corrected chi connectivity index (χ4v) is 7.76. The number of nitrogens with zero attached hydrogens (tertiary/aromatic N) is 2. The largest absolute Gasteiger partial charge is 0.508 e. The number of aromatic nitrogens is 1. The first-order chi connectivity index (χ1) is 15.9. The van der Waals surface area contributed by atoms with Crippen LogP contribution in [0.2, 0.25) is 0 Å². The lowest BCUT2D eigenvalue weighted by Gasteiger charge is -2.50. The monoisotopic (exact) mass is 503 g/mol. The number of aryl methyl sites for hydroxylation is 2. The topological polar surface area (TPSA) is 83.8 Å². The second-order valence-electron chi connectivity index (χ2n) is 10.2. The molecule has 1 amide bonds. The lowest BCUT2D eigenvalue weighted by atomic mass is 9.54. The zero-order chi connectivity index (χ0) is 23.2. The number of rotatable bonds is 5. The summed E-state index contributed by atoms with van der Waals surface area (Å²) in [5.74, 6) is 2.40. The standard InChI is InChI=1S/C26H33N3O3S.ClH/c1-15-14-27-25(33-15)28-23(31)9-5-17-13-22(29-32-3)26(2)11-10-20-19-8-6-18(30)12-16(19)4-7-21(20)24(17)26;/h6,8,12,14,17,20-21,24,30H,4-5,7,9-11,13H2,1-3H3,(H,27,28,31);1H/b29-22+;/t17-,20?,21?,24?,26-;/m1./s1. The van der Waals surface area contributed by atoms with Gasteiger partial charge in [0, 0.05) is 22.9 Å². The van der Waals surface area contributed by atoms with Crippen LogP contribution >= 0.6 is 23.7 Å². The molecule has 0 spiro atoms. The van der Waals surface area contributed by atoms with Gasteiger partial charge >= 0.3 is 0 Å². The van der Waals surface area contributed by atoms with E-state index < -0.39 is 0 Å². The van der Waals surface area contributed by atoms with Gasteiger partial charge in [0.15, 0.2) is 5.13 Å². The Hall–Kier alpha value is -2.12. The molecule has 5 atom stereocenters. The second-order valence-corrected chi connectivity index (χ2v) is 11.5. The summed E-state index contributed by atoms with van der Waals surface area (Å²) in [5, 5.41) is 18.1. The van der Waals surface area contributed by atoms with E-state index in [1.54, 1.807) is 13.3 Å². The van der Waals surface area contributed by atoms with E-state index in [1.807, 2.05) is 19.1 Å². The number of anilines is 1. The Kier molecular flexibility index (Phi) is 7.25. The molecule has 2 aromatic rings. The fourth-order valence-electron chi connectivity index (χ4n) is 7.08. The normalized spacial score (nSPS) is 30.6. The molecule has 2 saturated carbocycles. The molecule has 6 nitrogen and oxygen atoms in total. The van der Waals surface area contributed by atoms with E-state index in [4.69, 9.17) is 4.84 Å². The smallest absolute Gasteiger partial charge is 0.226 e. The van der Waals surface area contributed by atoms with Gasteiger partial charge in [0.25, 0.3) is 0 Å². The number of fused-ring (bicyclic) bond motifs is 5. The first kappa shape index (κ1) is 25.0. The molecule has 3 aliphatic rings. The zero-order valence-corrected chi connectivity index (χ0v) is 21.7. The number of oxime groups is 1. The molecule has 1 heterocycles. The Bertz CT molecular complexity index is 1090. The van der Waals surface area contributed by atoms with Crippen molar-refractivity contribution >= 4 is 40.5 Å². The Morgan fingerprint density at radius 1 is 1.38 bits per heavy atom. The zero-order valence-electron chi connectivity index (χ0n) is 20.0. The molecule has 2 fully saturated rings. The molecule has 1 aromatic heterocycles. The van der Waals surface area contributed by atoms with Gasteiger partial charge in [-0.1, -0.05) is 18.1 Å². The molecule has 3 aliphatic carbocycles. The summed E-state index contributed by atoms with van der Waals surface area (Å²) in [6.07, 6.45) is 8.40. The SMILES string of the molecule is CO/N=C1\C[C@@H](CCC(=O)Nc2ncc(C)s2)C2C3CCc4cc(O)ccc4C3CC[C@]12C.Cl. The highest BCUT2D eigenvalue weighted by Gasteiger charge is 2.57. The molecular formula is C26H34ClN3O3S. The summed E-state index contributed by atoms with van der Waals surface area (Å²) < 4.78 is 0. The first-order valence-corrected chi connectivity index (χ1v) is 12.8. The quantitative estimate of drug-likeness (QED) is 0.484. The molecule has 5 rings (SSSR count). The Balaban J connectivity index is 0.00000274. The van der Waals surface area contributed by atoms with Crippen molar-refractivity contribution < 1.29 is 14.7 Å². The number of benzene rings is 1. The van der Waals surface area contributed by atoms with Crippen LogP contribution in [0.1, 0.15) is 67.4 Å². The average Bonchev–Trinajstić information content (AvgIpc) is 3.32. The highest BCUT2D eigenvalue weighted by molar-refractivity contribution is 7.15. The van der Waals surface area contributed by atoms with Gasteiger partial charge in [-0.2, -0.15) is 0 Å². The van der Waals surface area contributed by atoms with Crippen molar-refractivity contribution in [2.24, 2.45) is 28.3 Å². The number of aromatic hydroxyl groups is 1. The molecule has 184 valence electrons. The van der Waals surface area contributed by atoms with Crippen molar-refractivity contribution in [3.8, 4) is 5.75 Å². The van der Waals surface area contributed by atoms with E-state index in [-0.39, 0.29) is 23.7 Å². The molecule has 0 bridgehead atoms. The van der Waals surface area contributed by atoms with Crippen molar-refractivity contribution in [1.29, 1.82) is 0 Å². The number of phenolic OH excluding ortho intramolecular Hbond substituents is 1. The van der Waals surface area contributed by atoms with E-state index in [0.717, 1.165) is 43.4 Å². The van der Waals surface area contributed by atoms with Gasteiger partial charge in [0.1, 0.15) is 12.9 Å². The molecule has 3 unspecified atom stereocenters. The van der Waals surface area contributed by atoms with E-state index >= 15 is 0 Å². The third-order valence-corrected chi connectivity index (χ3v) is 9.22. The van der Waals surface area contributed by atoms with Gasteiger partial charge in [-0.05, 0) is 92.4 Å². The average molecular weight is 504 g/mol. The number of thiazole rings is 1.